The number of carbonyl (C=O) groups excluding carboxylic acids is 1. The standard InChI is InChI=1S/C20H24N4O3/c1-3-8-27-13-4-6-24(7-5-13)20(26)14-10-15-17(9-12(14)2)22-19(25)16-11-21-23-18(15)16/h9-11,13H,3-8H2,1-2H3,(H,21,23)(H,22,25). The minimum absolute atomic E-state index is 0.0298. The Kier molecular flexibility index (Phi) is 4.70. The number of nitrogens with one attached hydrogen (secondary N) is 2. The highest BCUT2D eigenvalue weighted by molar-refractivity contribution is 6.07. The van der Waals surface area contributed by atoms with Crippen molar-refractivity contribution in [2.24, 2.45) is 0 Å². The summed E-state index contributed by atoms with van der Waals surface area (Å²) in [6.45, 7) is 6.19. The van der Waals surface area contributed by atoms with Gasteiger partial charge in [0.05, 0.1) is 28.7 Å². The first-order valence-electron chi connectivity index (χ1n) is 9.49. The minimum atomic E-state index is -0.182. The molecule has 3 aromatic rings. The van der Waals surface area contributed by atoms with Crippen LogP contribution in [0.4, 0.5) is 0 Å². The van der Waals surface area contributed by atoms with Gasteiger partial charge in [0, 0.05) is 30.6 Å². The maximum absolute atomic E-state index is 13.1. The van der Waals surface area contributed by atoms with Crippen LogP contribution in [-0.2, 0) is 4.74 Å². The molecule has 7 heteroatoms. The van der Waals surface area contributed by atoms with E-state index in [2.05, 4.69) is 22.1 Å². The predicted molar refractivity (Wildman–Crippen MR) is 104 cm³/mol. The minimum Gasteiger partial charge on any atom is -0.378 e. The fourth-order valence-electron chi connectivity index (χ4n) is 3.78. The van der Waals surface area contributed by atoms with Gasteiger partial charge < -0.3 is 14.6 Å². The molecule has 0 radical (unpaired) electrons. The van der Waals surface area contributed by atoms with E-state index in [1.54, 1.807) is 0 Å². The van der Waals surface area contributed by atoms with E-state index in [9.17, 15) is 9.59 Å². The molecule has 1 aliphatic heterocycles. The molecule has 1 saturated heterocycles. The Morgan fingerprint density at radius 3 is 2.81 bits per heavy atom. The van der Waals surface area contributed by atoms with Crippen LogP contribution in [0.1, 0.15) is 42.1 Å². The van der Waals surface area contributed by atoms with E-state index in [1.165, 1.54) is 6.20 Å². The molecule has 27 heavy (non-hydrogen) atoms. The van der Waals surface area contributed by atoms with Gasteiger partial charge in [0.1, 0.15) is 0 Å². The summed E-state index contributed by atoms with van der Waals surface area (Å²) < 4.78 is 5.82. The van der Waals surface area contributed by atoms with Crippen LogP contribution < -0.4 is 5.56 Å². The number of carbonyl (C=O) groups is 1. The monoisotopic (exact) mass is 368 g/mol. The molecular formula is C20H24N4O3. The largest absolute Gasteiger partial charge is 0.378 e. The number of pyridine rings is 1. The normalized spacial score (nSPS) is 15.7. The third-order valence-electron chi connectivity index (χ3n) is 5.28. The molecule has 3 heterocycles. The third-order valence-corrected chi connectivity index (χ3v) is 5.28. The highest BCUT2D eigenvalue weighted by Gasteiger charge is 2.25. The van der Waals surface area contributed by atoms with Crippen molar-refractivity contribution in [3.63, 3.8) is 0 Å². The lowest BCUT2D eigenvalue weighted by Gasteiger charge is -2.32. The molecular weight excluding hydrogens is 344 g/mol. The van der Waals surface area contributed by atoms with Crippen LogP contribution in [0.15, 0.2) is 23.1 Å². The van der Waals surface area contributed by atoms with Crippen molar-refractivity contribution in [3.8, 4) is 0 Å². The molecule has 1 aromatic carbocycles. The van der Waals surface area contributed by atoms with Crippen LogP contribution in [0, 0.1) is 6.92 Å². The van der Waals surface area contributed by atoms with Gasteiger partial charge in [-0.3, -0.25) is 14.7 Å². The van der Waals surface area contributed by atoms with Gasteiger partial charge in [0.15, 0.2) is 0 Å². The number of fused-ring (bicyclic) bond motifs is 3. The number of piperidine rings is 1. The molecule has 1 fully saturated rings. The van der Waals surface area contributed by atoms with Gasteiger partial charge >= 0.3 is 0 Å². The quantitative estimate of drug-likeness (QED) is 0.741. The lowest BCUT2D eigenvalue weighted by molar-refractivity contribution is 0.00899. The van der Waals surface area contributed by atoms with Gasteiger partial charge in [-0.25, -0.2) is 0 Å². The molecule has 0 spiro atoms. The van der Waals surface area contributed by atoms with E-state index in [1.807, 2.05) is 24.0 Å². The van der Waals surface area contributed by atoms with Crippen molar-refractivity contribution in [2.45, 2.75) is 39.2 Å². The summed E-state index contributed by atoms with van der Waals surface area (Å²) in [6, 6.07) is 3.73. The second-order valence-corrected chi connectivity index (χ2v) is 7.19. The number of hydrogen-bond donors (Lipinski definition) is 2. The first kappa shape index (κ1) is 17.7. The number of amides is 1. The molecule has 0 saturated carbocycles. The molecule has 0 aliphatic carbocycles. The second-order valence-electron chi connectivity index (χ2n) is 7.19. The summed E-state index contributed by atoms with van der Waals surface area (Å²) in [6.07, 6.45) is 4.52. The number of H-pyrrole nitrogens is 2. The molecule has 142 valence electrons. The molecule has 4 rings (SSSR count). The third kappa shape index (κ3) is 3.23. The molecule has 2 N–H and O–H groups in total. The van der Waals surface area contributed by atoms with Crippen molar-refractivity contribution >= 4 is 27.7 Å². The molecule has 7 nitrogen and oxygen atoms in total. The zero-order chi connectivity index (χ0) is 19.0. The number of aromatic amines is 2. The number of ether oxygens (including phenoxy) is 1. The van der Waals surface area contributed by atoms with Crippen LogP contribution in [0.5, 0.6) is 0 Å². The number of rotatable bonds is 4. The molecule has 0 unspecified atom stereocenters. The average molecular weight is 368 g/mol. The van der Waals surface area contributed by atoms with Gasteiger partial charge in [-0.1, -0.05) is 6.92 Å². The Morgan fingerprint density at radius 2 is 2.07 bits per heavy atom. The Labute approximate surface area is 156 Å². The fraction of sp³-hybridized carbons (Fsp3) is 0.450. The van der Waals surface area contributed by atoms with Crippen LogP contribution >= 0.6 is 0 Å². The average Bonchev–Trinajstić information content (AvgIpc) is 3.17. The second kappa shape index (κ2) is 7.15. The number of hydrogen-bond acceptors (Lipinski definition) is 4. The van der Waals surface area contributed by atoms with Gasteiger partial charge in [-0.15, -0.1) is 0 Å². The maximum Gasteiger partial charge on any atom is 0.259 e. The number of benzene rings is 1. The summed E-state index contributed by atoms with van der Waals surface area (Å²) in [5, 5.41) is 8.16. The Balaban J connectivity index is 1.63. The zero-order valence-corrected chi connectivity index (χ0v) is 15.7. The van der Waals surface area contributed by atoms with Crippen molar-refractivity contribution in [3.05, 3.63) is 39.8 Å². The highest BCUT2D eigenvalue weighted by atomic mass is 16.5. The van der Waals surface area contributed by atoms with E-state index >= 15 is 0 Å². The summed E-state index contributed by atoms with van der Waals surface area (Å²) in [5.74, 6) is 0.0298. The first-order valence-corrected chi connectivity index (χ1v) is 9.49. The van der Waals surface area contributed by atoms with Crippen LogP contribution in [0.2, 0.25) is 0 Å². The van der Waals surface area contributed by atoms with E-state index in [-0.39, 0.29) is 17.6 Å². The van der Waals surface area contributed by atoms with Crippen LogP contribution in [-0.4, -0.2) is 51.8 Å². The molecule has 1 amide bonds. The van der Waals surface area contributed by atoms with Crippen molar-refractivity contribution < 1.29 is 9.53 Å². The summed E-state index contributed by atoms with van der Waals surface area (Å²) in [4.78, 5) is 30.0. The summed E-state index contributed by atoms with van der Waals surface area (Å²) in [7, 11) is 0. The summed E-state index contributed by atoms with van der Waals surface area (Å²) >= 11 is 0. The van der Waals surface area contributed by atoms with Crippen molar-refractivity contribution in [2.75, 3.05) is 19.7 Å². The number of likely N-dealkylation sites (tertiary alicyclic amines) is 1. The van der Waals surface area contributed by atoms with Gasteiger partial charge in [-0.2, -0.15) is 5.10 Å². The molecule has 0 atom stereocenters. The number of aromatic nitrogens is 3. The molecule has 0 bridgehead atoms. The van der Waals surface area contributed by atoms with Crippen LogP contribution in [0.3, 0.4) is 0 Å². The van der Waals surface area contributed by atoms with Gasteiger partial charge in [0.25, 0.3) is 11.5 Å². The number of nitrogens with zero attached hydrogens (tertiary/aromatic N) is 2. The smallest absolute Gasteiger partial charge is 0.259 e. The van der Waals surface area contributed by atoms with E-state index in [4.69, 9.17) is 4.74 Å². The Morgan fingerprint density at radius 1 is 1.30 bits per heavy atom. The SMILES string of the molecule is CCCOC1CCN(C(=O)c2cc3c(cc2C)[nH]c(=O)c2cn[nH]c23)CC1. The first-order chi connectivity index (χ1) is 13.1. The van der Waals surface area contributed by atoms with Gasteiger partial charge in [-0.05, 0) is 43.9 Å². The number of aryl methyl sites for hydroxylation is 1. The van der Waals surface area contributed by atoms with E-state index in [0.29, 0.717) is 35.1 Å². The topological polar surface area (TPSA) is 91.1 Å². The zero-order valence-electron chi connectivity index (χ0n) is 15.7. The fourth-order valence-corrected chi connectivity index (χ4v) is 3.78. The Bertz CT molecular complexity index is 1040. The van der Waals surface area contributed by atoms with E-state index in [0.717, 1.165) is 36.8 Å². The van der Waals surface area contributed by atoms with Gasteiger partial charge in [0.2, 0.25) is 0 Å². The van der Waals surface area contributed by atoms with Crippen LogP contribution in [0.25, 0.3) is 21.8 Å². The molecule has 2 aromatic heterocycles. The summed E-state index contributed by atoms with van der Waals surface area (Å²) in [5.41, 5.74) is 2.70. The van der Waals surface area contributed by atoms with E-state index < -0.39 is 0 Å². The molecule has 1 aliphatic rings. The Hall–Kier alpha value is -2.67. The maximum atomic E-state index is 13.1. The van der Waals surface area contributed by atoms with Crippen molar-refractivity contribution in [1.82, 2.24) is 20.1 Å². The highest BCUT2D eigenvalue weighted by Crippen LogP contribution is 2.25. The predicted octanol–water partition coefficient (Wildman–Crippen LogP) is 2.74. The van der Waals surface area contributed by atoms with Crippen molar-refractivity contribution in [1.29, 1.82) is 0 Å². The lowest BCUT2D eigenvalue weighted by atomic mass is 10.0. The lowest BCUT2D eigenvalue weighted by Crippen LogP contribution is -2.41.